The van der Waals surface area contributed by atoms with Gasteiger partial charge in [0.2, 0.25) is 0 Å². The van der Waals surface area contributed by atoms with Gasteiger partial charge in [-0.1, -0.05) is 224 Å². The third-order valence-electron chi connectivity index (χ3n) is 12.6. The normalized spacial score (nSPS) is 12.2. The molecule has 0 saturated heterocycles. The Balaban J connectivity index is 4.37. The second-order valence-corrected chi connectivity index (χ2v) is 19.2. The van der Waals surface area contributed by atoms with Gasteiger partial charge in [-0.2, -0.15) is 0 Å². The summed E-state index contributed by atoms with van der Waals surface area (Å²) in [6, 6.07) is 0. The average molecular weight is 914 g/mol. The Labute approximate surface area is 404 Å². The van der Waals surface area contributed by atoms with Crippen LogP contribution in [0.25, 0.3) is 0 Å². The van der Waals surface area contributed by atoms with Crippen molar-refractivity contribution in [1.82, 2.24) is 0 Å². The molecule has 0 aliphatic heterocycles. The van der Waals surface area contributed by atoms with Crippen molar-refractivity contribution >= 4 is 17.9 Å². The third-order valence-corrected chi connectivity index (χ3v) is 12.6. The van der Waals surface area contributed by atoms with Crippen molar-refractivity contribution in [3.63, 3.8) is 0 Å². The summed E-state index contributed by atoms with van der Waals surface area (Å²) >= 11 is 0. The number of allylic oxidation sites excluding steroid dienone is 6. The van der Waals surface area contributed by atoms with Gasteiger partial charge in [0.1, 0.15) is 13.2 Å². The molecule has 0 aromatic rings. The van der Waals surface area contributed by atoms with Crippen LogP contribution in [0.15, 0.2) is 36.5 Å². The number of hydrogen-bond donors (Lipinski definition) is 0. The molecule has 0 spiro atoms. The zero-order chi connectivity index (χ0) is 47.2. The Morgan fingerprint density at radius 1 is 0.292 bits per heavy atom. The first-order valence-electron chi connectivity index (χ1n) is 28.5. The van der Waals surface area contributed by atoms with Crippen LogP contribution in [0.3, 0.4) is 0 Å². The molecule has 6 nitrogen and oxygen atoms in total. The largest absolute Gasteiger partial charge is 0.462 e. The summed E-state index contributed by atoms with van der Waals surface area (Å²) in [5.41, 5.74) is 0. The van der Waals surface area contributed by atoms with Crippen LogP contribution in [-0.2, 0) is 28.6 Å². The smallest absolute Gasteiger partial charge is 0.306 e. The molecule has 0 radical (unpaired) electrons. The van der Waals surface area contributed by atoms with Gasteiger partial charge in [0.05, 0.1) is 0 Å². The molecular weight excluding hydrogens is 805 g/mol. The molecule has 1 unspecified atom stereocenters. The minimum atomic E-state index is -0.784. The van der Waals surface area contributed by atoms with Gasteiger partial charge in [-0.05, 0) is 96.3 Å². The summed E-state index contributed by atoms with van der Waals surface area (Å²) in [4.78, 5) is 38.1. The molecule has 0 bridgehead atoms. The predicted molar refractivity (Wildman–Crippen MR) is 279 cm³/mol. The first-order valence-corrected chi connectivity index (χ1v) is 28.5. The van der Waals surface area contributed by atoms with Gasteiger partial charge < -0.3 is 14.2 Å². The van der Waals surface area contributed by atoms with Crippen molar-refractivity contribution in [1.29, 1.82) is 0 Å². The minimum absolute atomic E-state index is 0.0826. The lowest BCUT2D eigenvalue weighted by Gasteiger charge is -2.18. The maximum Gasteiger partial charge on any atom is 0.306 e. The van der Waals surface area contributed by atoms with Gasteiger partial charge in [-0.25, -0.2) is 0 Å². The Hall–Kier alpha value is -2.37. The molecule has 0 saturated carbocycles. The molecule has 0 aliphatic carbocycles. The highest BCUT2D eigenvalue weighted by atomic mass is 16.6. The molecule has 380 valence electrons. The van der Waals surface area contributed by atoms with Crippen LogP contribution in [-0.4, -0.2) is 37.2 Å². The summed E-state index contributed by atoms with van der Waals surface area (Å²) in [7, 11) is 0. The first kappa shape index (κ1) is 62.6. The Morgan fingerprint density at radius 3 is 0.785 bits per heavy atom. The van der Waals surface area contributed by atoms with Gasteiger partial charge >= 0.3 is 17.9 Å². The molecule has 0 heterocycles. The van der Waals surface area contributed by atoms with Crippen LogP contribution in [0.5, 0.6) is 0 Å². The van der Waals surface area contributed by atoms with Crippen molar-refractivity contribution < 1.29 is 28.6 Å². The Kier molecular flexibility index (Phi) is 52.3. The summed E-state index contributed by atoms with van der Waals surface area (Å²) in [5.74, 6) is -0.901. The maximum atomic E-state index is 12.8. The van der Waals surface area contributed by atoms with Crippen molar-refractivity contribution in [2.75, 3.05) is 13.2 Å². The van der Waals surface area contributed by atoms with Crippen LogP contribution in [0.4, 0.5) is 0 Å². The van der Waals surface area contributed by atoms with E-state index in [0.717, 1.165) is 89.9 Å². The number of unbranched alkanes of at least 4 members (excludes halogenated alkanes) is 35. The lowest BCUT2D eigenvalue weighted by atomic mass is 10.1. The number of carbonyl (C=O) groups excluding carboxylic acids is 3. The number of carbonyl (C=O) groups is 3. The second-order valence-electron chi connectivity index (χ2n) is 19.2. The predicted octanol–water partition coefficient (Wildman–Crippen LogP) is 18.9. The van der Waals surface area contributed by atoms with E-state index >= 15 is 0 Å². The van der Waals surface area contributed by atoms with Crippen LogP contribution in [0.1, 0.15) is 303 Å². The molecule has 0 rings (SSSR count). The molecule has 65 heavy (non-hydrogen) atoms. The van der Waals surface area contributed by atoms with E-state index in [9.17, 15) is 14.4 Å². The standard InChI is InChI=1S/C59H108O6/c1-4-7-10-13-16-19-22-25-27-29-30-32-34-37-40-43-46-49-52-58(61)64-55-56(54-63-57(60)51-48-45-42-39-36-33-24-21-18-15-12-9-6-3)65-59(62)53-50-47-44-41-38-35-31-28-26-23-20-17-14-11-8-5-2/h28,30-33,36,56H,4-27,29,34-35,37-55H2,1-3H3/b31-28-,32-30-,36-33-. The lowest BCUT2D eigenvalue weighted by molar-refractivity contribution is -0.167. The molecule has 0 amide bonds. The molecule has 0 aromatic carbocycles. The third kappa shape index (κ3) is 52.5. The van der Waals surface area contributed by atoms with Crippen LogP contribution >= 0.6 is 0 Å². The number of ether oxygens (including phenoxy) is 3. The minimum Gasteiger partial charge on any atom is -0.462 e. The zero-order valence-corrected chi connectivity index (χ0v) is 43.5. The lowest BCUT2D eigenvalue weighted by Crippen LogP contribution is -2.30. The van der Waals surface area contributed by atoms with E-state index in [1.165, 1.54) is 173 Å². The van der Waals surface area contributed by atoms with Crippen molar-refractivity contribution in [2.24, 2.45) is 0 Å². The van der Waals surface area contributed by atoms with Gasteiger partial charge in [-0.15, -0.1) is 0 Å². The van der Waals surface area contributed by atoms with Crippen molar-refractivity contribution in [2.45, 2.75) is 309 Å². The summed E-state index contributed by atoms with van der Waals surface area (Å²) < 4.78 is 16.8. The molecular formula is C59H108O6. The molecule has 0 fully saturated rings. The fourth-order valence-corrected chi connectivity index (χ4v) is 8.25. The van der Waals surface area contributed by atoms with E-state index < -0.39 is 6.10 Å². The molecule has 0 aliphatic rings. The average Bonchev–Trinajstić information content (AvgIpc) is 3.30. The SMILES string of the molecule is CCCCCCCC/C=C\CCCCCC(=O)OCC(COC(=O)CCCCCCC/C=C\CCCCCCCCCCC)OC(=O)CCCCCCC/C=C\CCCCCCCCC. The fraction of sp³-hybridized carbons (Fsp3) is 0.847. The molecule has 0 aromatic heterocycles. The monoisotopic (exact) mass is 913 g/mol. The zero-order valence-electron chi connectivity index (χ0n) is 43.5. The highest BCUT2D eigenvalue weighted by molar-refractivity contribution is 5.71. The summed E-state index contributed by atoms with van der Waals surface area (Å²) in [6.45, 7) is 6.63. The Morgan fingerprint density at radius 2 is 0.508 bits per heavy atom. The maximum absolute atomic E-state index is 12.8. The van der Waals surface area contributed by atoms with Crippen LogP contribution in [0, 0.1) is 0 Å². The van der Waals surface area contributed by atoms with Gasteiger partial charge in [-0.3, -0.25) is 14.4 Å². The van der Waals surface area contributed by atoms with Crippen LogP contribution in [0.2, 0.25) is 0 Å². The highest BCUT2D eigenvalue weighted by Crippen LogP contribution is 2.15. The van der Waals surface area contributed by atoms with E-state index in [1.54, 1.807) is 0 Å². The van der Waals surface area contributed by atoms with Gasteiger partial charge in [0.15, 0.2) is 6.10 Å². The van der Waals surface area contributed by atoms with E-state index in [1.807, 2.05) is 0 Å². The number of esters is 3. The molecule has 0 N–H and O–H groups in total. The molecule has 1 atom stereocenters. The van der Waals surface area contributed by atoms with Gasteiger partial charge in [0, 0.05) is 19.3 Å². The Bertz CT molecular complexity index is 1090. The first-order chi connectivity index (χ1) is 32.0. The van der Waals surface area contributed by atoms with E-state index in [2.05, 4.69) is 57.2 Å². The van der Waals surface area contributed by atoms with Crippen molar-refractivity contribution in [3.8, 4) is 0 Å². The topological polar surface area (TPSA) is 78.9 Å². The summed E-state index contributed by atoms with van der Waals surface area (Å²) in [5, 5.41) is 0. The summed E-state index contributed by atoms with van der Waals surface area (Å²) in [6.07, 6.45) is 64.2. The van der Waals surface area contributed by atoms with Crippen molar-refractivity contribution in [3.05, 3.63) is 36.5 Å². The highest BCUT2D eigenvalue weighted by Gasteiger charge is 2.19. The second kappa shape index (κ2) is 54.2. The van der Waals surface area contributed by atoms with E-state index in [4.69, 9.17) is 14.2 Å². The number of hydrogen-bond acceptors (Lipinski definition) is 6. The van der Waals surface area contributed by atoms with E-state index in [0.29, 0.717) is 19.3 Å². The van der Waals surface area contributed by atoms with Gasteiger partial charge in [0.25, 0.3) is 0 Å². The number of rotatable bonds is 52. The quantitative estimate of drug-likeness (QED) is 0.0262. The molecule has 6 heteroatoms. The van der Waals surface area contributed by atoms with E-state index in [-0.39, 0.29) is 31.1 Å². The van der Waals surface area contributed by atoms with Crippen LogP contribution < -0.4 is 0 Å². The fourth-order valence-electron chi connectivity index (χ4n) is 8.25.